The number of halogens is 1. The van der Waals surface area contributed by atoms with E-state index in [0.717, 1.165) is 25.1 Å². The zero-order valence-electron chi connectivity index (χ0n) is 11.8. The number of pyridine rings is 1. The summed E-state index contributed by atoms with van der Waals surface area (Å²) in [6.07, 6.45) is 3.06. The number of piperidine rings is 1. The molecule has 1 fully saturated rings. The third-order valence-electron chi connectivity index (χ3n) is 4.09. The highest BCUT2D eigenvalue weighted by atomic mass is 35.5. The zero-order valence-corrected chi connectivity index (χ0v) is 12.6. The van der Waals surface area contributed by atoms with Crippen molar-refractivity contribution in [3.05, 3.63) is 28.5 Å². The van der Waals surface area contributed by atoms with E-state index in [1.54, 1.807) is 6.07 Å². The van der Waals surface area contributed by atoms with E-state index in [2.05, 4.69) is 18.8 Å². The summed E-state index contributed by atoms with van der Waals surface area (Å²) >= 11 is 5.99. The maximum absolute atomic E-state index is 12.6. The highest BCUT2D eigenvalue weighted by molar-refractivity contribution is 6.29. The average Bonchev–Trinajstić information content (AvgIpc) is 2.40. The number of aromatic nitrogens is 1. The molecule has 0 saturated carbocycles. The molecule has 1 amide bonds. The van der Waals surface area contributed by atoms with Gasteiger partial charge in [-0.1, -0.05) is 25.4 Å². The standard InChI is InChI=1S/C15H21ClN2O/c1-4-13-8-12(9-14(16)17-13)15(19)18-7-5-6-10(2)11(18)3/h8-11H,4-7H2,1-3H3. The number of rotatable bonds is 2. The van der Waals surface area contributed by atoms with E-state index in [-0.39, 0.29) is 5.91 Å². The minimum atomic E-state index is 0.0815. The van der Waals surface area contributed by atoms with Gasteiger partial charge < -0.3 is 4.90 Å². The molecule has 0 N–H and O–H groups in total. The lowest BCUT2D eigenvalue weighted by molar-refractivity contribution is 0.0551. The van der Waals surface area contributed by atoms with E-state index in [1.807, 2.05) is 17.9 Å². The van der Waals surface area contributed by atoms with E-state index in [9.17, 15) is 4.79 Å². The lowest BCUT2D eigenvalue weighted by Crippen LogP contribution is -2.46. The van der Waals surface area contributed by atoms with Crippen LogP contribution in [0.5, 0.6) is 0 Å². The third kappa shape index (κ3) is 3.08. The van der Waals surface area contributed by atoms with Crippen molar-refractivity contribution in [1.82, 2.24) is 9.88 Å². The van der Waals surface area contributed by atoms with Gasteiger partial charge in [-0.3, -0.25) is 4.79 Å². The number of likely N-dealkylation sites (tertiary alicyclic amines) is 1. The van der Waals surface area contributed by atoms with Gasteiger partial charge in [-0.05, 0) is 44.2 Å². The van der Waals surface area contributed by atoms with Crippen LogP contribution in [0, 0.1) is 5.92 Å². The first-order valence-electron chi connectivity index (χ1n) is 7.00. The topological polar surface area (TPSA) is 33.2 Å². The molecule has 2 heterocycles. The number of nitrogens with zero attached hydrogens (tertiary/aromatic N) is 2. The summed E-state index contributed by atoms with van der Waals surface area (Å²) in [7, 11) is 0. The van der Waals surface area contributed by atoms with E-state index in [1.165, 1.54) is 6.42 Å². The van der Waals surface area contributed by atoms with Crippen molar-refractivity contribution in [3.63, 3.8) is 0 Å². The van der Waals surface area contributed by atoms with E-state index >= 15 is 0 Å². The van der Waals surface area contributed by atoms with Crippen molar-refractivity contribution < 1.29 is 4.79 Å². The molecule has 4 heteroatoms. The Morgan fingerprint density at radius 1 is 1.47 bits per heavy atom. The van der Waals surface area contributed by atoms with Gasteiger partial charge in [0, 0.05) is 23.8 Å². The second kappa shape index (κ2) is 5.91. The van der Waals surface area contributed by atoms with Crippen LogP contribution in [-0.2, 0) is 6.42 Å². The Morgan fingerprint density at radius 2 is 2.21 bits per heavy atom. The quantitative estimate of drug-likeness (QED) is 0.776. The van der Waals surface area contributed by atoms with Crippen molar-refractivity contribution in [3.8, 4) is 0 Å². The third-order valence-corrected chi connectivity index (χ3v) is 4.28. The molecule has 104 valence electrons. The summed E-state index contributed by atoms with van der Waals surface area (Å²) < 4.78 is 0. The van der Waals surface area contributed by atoms with Gasteiger partial charge in [0.15, 0.2) is 0 Å². The second-order valence-corrected chi connectivity index (χ2v) is 5.77. The first-order chi connectivity index (χ1) is 9.02. The minimum absolute atomic E-state index is 0.0815. The number of carbonyl (C=O) groups excluding carboxylic acids is 1. The molecule has 2 rings (SSSR count). The largest absolute Gasteiger partial charge is 0.336 e. The Hall–Kier alpha value is -1.09. The van der Waals surface area contributed by atoms with Gasteiger partial charge in [0.25, 0.3) is 5.91 Å². The fraction of sp³-hybridized carbons (Fsp3) is 0.600. The van der Waals surface area contributed by atoms with Crippen LogP contribution in [0.2, 0.25) is 5.15 Å². The number of carbonyl (C=O) groups is 1. The molecule has 3 nitrogen and oxygen atoms in total. The van der Waals surface area contributed by atoms with Crippen LogP contribution >= 0.6 is 11.6 Å². The van der Waals surface area contributed by atoms with Gasteiger partial charge >= 0.3 is 0 Å². The molecule has 2 unspecified atom stereocenters. The molecular formula is C15H21ClN2O. The van der Waals surface area contributed by atoms with Crippen molar-refractivity contribution in [2.45, 2.75) is 46.1 Å². The molecule has 19 heavy (non-hydrogen) atoms. The SMILES string of the molecule is CCc1cc(C(=O)N2CCCC(C)C2C)cc(Cl)n1. The van der Waals surface area contributed by atoms with Crippen LogP contribution < -0.4 is 0 Å². The molecule has 1 aliphatic rings. The predicted octanol–water partition coefficient (Wildman–Crippen LogP) is 3.56. The van der Waals surface area contributed by atoms with E-state index in [0.29, 0.717) is 22.7 Å². The monoisotopic (exact) mass is 280 g/mol. The average molecular weight is 281 g/mol. The summed E-state index contributed by atoms with van der Waals surface area (Å²) in [4.78, 5) is 18.8. The van der Waals surface area contributed by atoms with Crippen molar-refractivity contribution in [2.75, 3.05) is 6.54 Å². The molecule has 0 aromatic carbocycles. The van der Waals surface area contributed by atoms with Crippen LogP contribution in [0.3, 0.4) is 0 Å². The number of aryl methyl sites for hydroxylation is 1. The maximum atomic E-state index is 12.6. The number of amides is 1. The smallest absolute Gasteiger partial charge is 0.254 e. The maximum Gasteiger partial charge on any atom is 0.254 e. The highest BCUT2D eigenvalue weighted by Crippen LogP contribution is 2.25. The summed E-state index contributed by atoms with van der Waals surface area (Å²) in [6.45, 7) is 7.19. The van der Waals surface area contributed by atoms with Crippen molar-refractivity contribution >= 4 is 17.5 Å². The van der Waals surface area contributed by atoms with Crippen LogP contribution in [-0.4, -0.2) is 28.4 Å². The van der Waals surface area contributed by atoms with Crippen LogP contribution in [0.4, 0.5) is 0 Å². The lowest BCUT2D eigenvalue weighted by Gasteiger charge is -2.38. The molecule has 2 atom stereocenters. The molecule has 1 aromatic rings. The van der Waals surface area contributed by atoms with Gasteiger partial charge in [0.1, 0.15) is 5.15 Å². The molecule has 1 saturated heterocycles. The summed E-state index contributed by atoms with van der Waals surface area (Å²) in [5.74, 6) is 0.638. The van der Waals surface area contributed by atoms with Crippen LogP contribution in [0.1, 0.15) is 49.7 Å². The Kier molecular flexibility index (Phi) is 4.46. The molecule has 1 aliphatic heterocycles. The minimum Gasteiger partial charge on any atom is -0.336 e. The van der Waals surface area contributed by atoms with Gasteiger partial charge in [0.05, 0.1) is 0 Å². The van der Waals surface area contributed by atoms with Crippen LogP contribution in [0.25, 0.3) is 0 Å². The predicted molar refractivity (Wildman–Crippen MR) is 77.5 cm³/mol. The van der Waals surface area contributed by atoms with Crippen molar-refractivity contribution in [2.24, 2.45) is 5.92 Å². The van der Waals surface area contributed by atoms with Crippen molar-refractivity contribution in [1.29, 1.82) is 0 Å². The Bertz CT molecular complexity index is 475. The number of hydrogen-bond donors (Lipinski definition) is 0. The molecule has 0 aliphatic carbocycles. The van der Waals surface area contributed by atoms with Gasteiger partial charge in [-0.25, -0.2) is 4.98 Å². The lowest BCUT2D eigenvalue weighted by atomic mass is 9.91. The first kappa shape index (κ1) is 14.3. The summed E-state index contributed by atoms with van der Waals surface area (Å²) in [6, 6.07) is 3.83. The fourth-order valence-corrected chi connectivity index (χ4v) is 2.87. The first-order valence-corrected chi connectivity index (χ1v) is 7.38. The normalized spacial score (nSPS) is 23.5. The molecular weight excluding hydrogens is 260 g/mol. The molecule has 0 radical (unpaired) electrons. The molecule has 1 aromatic heterocycles. The number of hydrogen-bond acceptors (Lipinski definition) is 2. The Balaban J connectivity index is 2.25. The molecule has 0 bridgehead atoms. The second-order valence-electron chi connectivity index (χ2n) is 5.38. The Morgan fingerprint density at radius 3 is 2.89 bits per heavy atom. The Labute approximate surface area is 120 Å². The van der Waals surface area contributed by atoms with Gasteiger partial charge in [-0.15, -0.1) is 0 Å². The summed E-state index contributed by atoms with van der Waals surface area (Å²) in [5.41, 5.74) is 1.53. The van der Waals surface area contributed by atoms with E-state index < -0.39 is 0 Å². The molecule has 0 spiro atoms. The van der Waals surface area contributed by atoms with Crippen LogP contribution in [0.15, 0.2) is 12.1 Å². The highest BCUT2D eigenvalue weighted by Gasteiger charge is 2.29. The zero-order chi connectivity index (χ0) is 14.0. The van der Waals surface area contributed by atoms with Gasteiger partial charge in [0.2, 0.25) is 0 Å². The fourth-order valence-electron chi connectivity index (χ4n) is 2.64. The van der Waals surface area contributed by atoms with E-state index in [4.69, 9.17) is 11.6 Å². The van der Waals surface area contributed by atoms with Gasteiger partial charge in [-0.2, -0.15) is 0 Å². The summed E-state index contributed by atoms with van der Waals surface area (Å²) in [5, 5.41) is 0.403.